The van der Waals surface area contributed by atoms with Crippen molar-refractivity contribution in [3.8, 4) is 0 Å². The van der Waals surface area contributed by atoms with Crippen LogP contribution in [0.3, 0.4) is 0 Å². The molecule has 0 aromatic carbocycles. The number of hydrogen-bond acceptors (Lipinski definition) is 6. The van der Waals surface area contributed by atoms with E-state index in [4.69, 9.17) is 10.8 Å². The van der Waals surface area contributed by atoms with E-state index in [9.17, 15) is 0 Å². The molecule has 1 saturated heterocycles. The molecule has 0 aliphatic carbocycles. The van der Waals surface area contributed by atoms with Gasteiger partial charge in [-0.1, -0.05) is 6.92 Å². The fraction of sp³-hybridized carbons (Fsp3) is 0.600. The first-order chi connectivity index (χ1) is 10.2. The fourth-order valence-electron chi connectivity index (χ4n) is 3.11. The fourth-order valence-corrected chi connectivity index (χ4v) is 4.08. The van der Waals surface area contributed by atoms with Crippen molar-refractivity contribution in [1.29, 1.82) is 0 Å². The van der Waals surface area contributed by atoms with Crippen LogP contribution in [0.25, 0.3) is 10.2 Å². The number of aliphatic hydroxyl groups is 1. The lowest BCUT2D eigenvalue weighted by Crippen LogP contribution is -2.30. The molecule has 1 fully saturated rings. The molecule has 1 atom stereocenters. The maximum atomic E-state index is 9.07. The first-order valence-electron chi connectivity index (χ1n) is 7.66. The van der Waals surface area contributed by atoms with Crippen LogP contribution in [0.4, 0.5) is 11.8 Å². The predicted molar refractivity (Wildman–Crippen MR) is 87.9 cm³/mol. The number of aliphatic hydroxyl groups excluding tert-OH is 1. The van der Waals surface area contributed by atoms with E-state index in [-0.39, 0.29) is 6.61 Å². The smallest absolute Gasteiger partial charge is 0.223 e. The van der Waals surface area contributed by atoms with E-state index in [1.54, 1.807) is 11.3 Å². The Kier molecular flexibility index (Phi) is 4.26. The van der Waals surface area contributed by atoms with E-state index in [1.165, 1.54) is 11.3 Å². The standard InChI is InChI=1S/C15H22N4OS/c1-2-11-9-12-13(17-15(16)18-14(12)21-11)19-7-3-5-10(19)6-4-8-20/h9-10,20H,2-8H2,1H3,(H2,16,17,18). The van der Waals surface area contributed by atoms with Gasteiger partial charge in [0.15, 0.2) is 0 Å². The molecule has 0 spiro atoms. The van der Waals surface area contributed by atoms with E-state index < -0.39 is 0 Å². The Morgan fingerprint density at radius 2 is 2.33 bits per heavy atom. The molecule has 0 amide bonds. The summed E-state index contributed by atoms with van der Waals surface area (Å²) in [5, 5.41) is 10.2. The van der Waals surface area contributed by atoms with Gasteiger partial charge in [0.25, 0.3) is 0 Å². The van der Waals surface area contributed by atoms with E-state index in [1.807, 2.05) is 0 Å². The largest absolute Gasteiger partial charge is 0.396 e. The third-order valence-corrected chi connectivity index (χ3v) is 5.31. The molecule has 3 heterocycles. The average Bonchev–Trinajstić information content (AvgIpc) is 3.09. The molecular weight excluding hydrogens is 284 g/mol. The Balaban J connectivity index is 2.00. The topological polar surface area (TPSA) is 75.3 Å². The molecule has 21 heavy (non-hydrogen) atoms. The van der Waals surface area contributed by atoms with Crippen LogP contribution in [0, 0.1) is 0 Å². The van der Waals surface area contributed by atoms with Gasteiger partial charge in [0.05, 0.1) is 5.39 Å². The molecule has 114 valence electrons. The zero-order chi connectivity index (χ0) is 14.8. The molecule has 0 radical (unpaired) electrons. The number of rotatable bonds is 5. The van der Waals surface area contributed by atoms with E-state index in [0.29, 0.717) is 12.0 Å². The van der Waals surface area contributed by atoms with E-state index in [0.717, 1.165) is 48.3 Å². The predicted octanol–water partition coefficient (Wildman–Crippen LogP) is 2.58. The summed E-state index contributed by atoms with van der Waals surface area (Å²) < 4.78 is 0. The van der Waals surface area contributed by atoms with Crippen LogP contribution in [0.2, 0.25) is 0 Å². The summed E-state index contributed by atoms with van der Waals surface area (Å²) in [6, 6.07) is 2.66. The van der Waals surface area contributed by atoms with Gasteiger partial charge in [-0.25, -0.2) is 4.98 Å². The van der Waals surface area contributed by atoms with Crippen molar-refractivity contribution in [3.63, 3.8) is 0 Å². The number of aromatic nitrogens is 2. The summed E-state index contributed by atoms with van der Waals surface area (Å²) in [5.74, 6) is 1.34. The maximum absolute atomic E-state index is 9.07. The van der Waals surface area contributed by atoms with Gasteiger partial charge in [-0.3, -0.25) is 0 Å². The third kappa shape index (κ3) is 2.82. The van der Waals surface area contributed by atoms with Crippen LogP contribution < -0.4 is 10.6 Å². The second-order valence-electron chi connectivity index (χ2n) is 5.55. The Labute approximate surface area is 128 Å². The van der Waals surface area contributed by atoms with Gasteiger partial charge in [-0.15, -0.1) is 11.3 Å². The van der Waals surface area contributed by atoms with Crippen LogP contribution in [-0.4, -0.2) is 34.3 Å². The normalized spacial score (nSPS) is 18.8. The summed E-state index contributed by atoms with van der Waals surface area (Å²) in [5.41, 5.74) is 5.91. The number of hydrogen-bond donors (Lipinski definition) is 2. The van der Waals surface area contributed by atoms with Crippen molar-refractivity contribution >= 4 is 33.3 Å². The highest BCUT2D eigenvalue weighted by Crippen LogP contribution is 2.35. The molecule has 2 aromatic heterocycles. The third-order valence-electron chi connectivity index (χ3n) is 4.13. The van der Waals surface area contributed by atoms with Gasteiger partial charge in [0.2, 0.25) is 5.95 Å². The first kappa shape index (κ1) is 14.5. The molecule has 0 saturated carbocycles. The summed E-state index contributed by atoms with van der Waals surface area (Å²) in [7, 11) is 0. The molecular formula is C15H22N4OS. The number of nitrogens with zero attached hydrogens (tertiary/aromatic N) is 3. The molecule has 5 nitrogen and oxygen atoms in total. The van der Waals surface area contributed by atoms with Crippen LogP contribution in [0.15, 0.2) is 6.07 Å². The van der Waals surface area contributed by atoms with Crippen molar-refractivity contribution in [3.05, 3.63) is 10.9 Å². The van der Waals surface area contributed by atoms with E-state index >= 15 is 0 Å². The van der Waals surface area contributed by atoms with Gasteiger partial charge in [-0.05, 0) is 38.2 Å². The first-order valence-corrected chi connectivity index (χ1v) is 8.48. The molecule has 0 bridgehead atoms. The number of thiophene rings is 1. The van der Waals surface area contributed by atoms with Crippen molar-refractivity contribution in [2.45, 2.75) is 45.1 Å². The van der Waals surface area contributed by atoms with Gasteiger partial charge in [-0.2, -0.15) is 4.98 Å². The van der Waals surface area contributed by atoms with Crippen LogP contribution in [-0.2, 0) is 6.42 Å². The Morgan fingerprint density at radius 3 is 3.10 bits per heavy atom. The molecule has 1 unspecified atom stereocenters. The highest BCUT2D eigenvalue weighted by molar-refractivity contribution is 7.18. The van der Waals surface area contributed by atoms with Crippen molar-refractivity contribution < 1.29 is 5.11 Å². The molecule has 3 rings (SSSR count). The zero-order valence-corrected chi connectivity index (χ0v) is 13.2. The minimum Gasteiger partial charge on any atom is -0.396 e. The second-order valence-corrected chi connectivity index (χ2v) is 6.66. The SMILES string of the molecule is CCc1cc2c(N3CCCC3CCCO)nc(N)nc2s1. The summed E-state index contributed by atoms with van der Waals surface area (Å²) >= 11 is 1.71. The zero-order valence-electron chi connectivity index (χ0n) is 12.4. The highest BCUT2D eigenvalue weighted by Gasteiger charge is 2.27. The lowest BCUT2D eigenvalue weighted by Gasteiger charge is -2.26. The van der Waals surface area contributed by atoms with Gasteiger partial charge in [0, 0.05) is 24.1 Å². The monoisotopic (exact) mass is 306 g/mol. The lowest BCUT2D eigenvalue weighted by molar-refractivity contribution is 0.279. The number of fused-ring (bicyclic) bond motifs is 1. The van der Waals surface area contributed by atoms with Crippen molar-refractivity contribution in [1.82, 2.24) is 9.97 Å². The molecule has 2 aromatic rings. The number of nitrogens with two attached hydrogens (primary N) is 1. The maximum Gasteiger partial charge on any atom is 0.223 e. The average molecular weight is 306 g/mol. The number of aryl methyl sites for hydroxylation is 1. The van der Waals surface area contributed by atoms with Crippen LogP contribution in [0.1, 0.15) is 37.5 Å². The van der Waals surface area contributed by atoms with Gasteiger partial charge < -0.3 is 15.7 Å². The van der Waals surface area contributed by atoms with Gasteiger partial charge >= 0.3 is 0 Å². The summed E-state index contributed by atoms with van der Waals surface area (Å²) in [4.78, 5) is 13.6. The highest BCUT2D eigenvalue weighted by atomic mass is 32.1. The molecule has 6 heteroatoms. The van der Waals surface area contributed by atoms with Crippen molar-refractivity contribution in [2.75, 3.05) is 23.8 Å². The number of anilines is 2. The van der Waals surface area contributed by atoms with Crippen LogP contribution in [0.5, 0.6) is 0 Å². The van der Waals surface area contributed by atoms with Crippen LogP contribution >= 0.6 is 11.3 Å². The Morgan fingerprint density at radius 1 is 1.48 bits per heavy atom. The van der Waals surface area contributed by atoms with E-state index in [2.05, 4.69) is 27.9 Å². The summed E-state index contributed by atoms with van der Waals surface area (Å²) in [6.45, 7) is 3.42. The number of nitrogen functional groups attached to an aromatic ring is 1. The minimum atomic E-state index is 0.254. The quantitative estimate of drug-likeness (QED) is 0.888. The Bertz CT molecular complexity index is 627. The minimum absolute atomic E-state index is 0.254. The molecule has 1 aliphatic heterocycles. The summed E-state index contributed by atoms with van der Waals surface area (Å²) in [6.07, 6.45) is 5.19. The Hall–Kier alpha value is -1.40. The van der Waals surface area contributed by atoms with Gasteiger partial charge in [0.1, 0.15) is 10.6 Å². The molecule has 1 aliphatic rings. The molecule has 3 N–H and O–H groups in total. The second kappa shape index (κ2) is 6.15. The lowest BCUT2D eigenvalue weighted by atomic mass is 10.1. The van der Waals surface area contributed by atoms with Crippen molar-refractivity contribution in [2.24, 2.45) is 0 Å².